The number of halogens is 1. The van der Waals surface area contributed by atoms with Gasteiger partial charge in [-0.2, -0.15) is 0 Å². The molecule has 0 bridgehead atoms. The van der Waals surface area contributed by atoms with Crippen LogP contribution in [0.1, 0.15) is 36.4 Å². The van der Waals surface area contributed by atoms with Crippen molar-refractivity contribution >= 4 is 21.8 Å². The lowest BCUT2D eigenvalue weighted by molar-refractivity contribution is -0.147. The number of amides is 1. The highest BCUT2D eigenvalue weighted by atomic mass is 79.9. The van der Waals surface area contributed by atoms with Crippen LogP contribution >= 0.6 is 15.9 Å². The largest absolute Gasteiger partial charge is 0.489 e. The van der Waals surface area contributed by atoms with Gasteiger partial charge < -0.3 is 9.64 Å². The Morgan fingerprint density at radius 2 is 1.83 bits per heavy atom. The zero-order chi connectivity index (χ0) is 20.1. The number of hydrogen-bond acceptors (Lipinski definition) is 2. The maximum Gasteiger partial charge on any atom is 0.226 e. The Hall–Kier alpha value is -2.59. The molecule has 1 saturated heterocycles. The molecule has 29 heavy (non-hydrogen) atoms. The molecule has 0 spiro atoms. The number of carbonyl (C=O) groups excluding carboxylic acids is 1. The van der Waals surface area contributed by atoms with Crippen molar-refractivity contribution in [2.24, 2.45) is 0 Å². The molecule has 1 aliphatic carbocycles. The zero-order valence-corrected chi connectivity index (χ0v) is 17.8. The molecule has 1 aliphatic heterocycles. The standard InChI is InChI=1S/C25H24BrNO2/c26-20-14-15-22(24(16-20)29-18-19-10-6-5-7-11-19)23-17-25(28)27(23)21-12-8-3-1-2-4-9-13-21/h1,3,5-16,21,23H,2,4,17-18H2/b3-1-,12-8?,13-9-. The average Bonchev–Trinajstić information content (AvgIpc) is 2.86. The predicted molar refractivity (Wildman–Crippen MR) is 120 cm³/mol. The van der Waals surface area contributed by atoms with Crippen LogP contribution in [0.15, 0.2) is 89.5 Å². The number of hydrogen-bond donors (Lipinski definition) is 0. The van der Waals surface area contributed by atoms with Crippen molar-refractivity contribution < 1.29 is 9.53 Å². The normalized spacial score (nSPS) is 23.5. The highest BCUT2D eigenvalue weighted by molar-refractivity contribution is 9.10. The van der Waals surface area contributed by atoms with Crippen molar-refractivity contribution in [2.45, 2.75) is 38.0 Å². The van der Waals surface area contributed by atoms with Crippen LogP contribution in [0, 0.1) is 0 Å². The molecule has 1 fully saturated rings. The number of nitrogens with zero attached hydrogens (tertiary/aromatic N) is 1. The monoisotopic (exact) mass is 449 g/mol. The van der Waals surface area contributed by atoms with Crippen LogP contribution in [0.5, 0.6) is 5.75 Å². The summed E-state index contributed by atoms with van der Waals surface area (Å²) < 4.78 is 7.15. The Morgan fingerprint density at radius 3 is 2.66 bits per heavy atom. The summed E-state index contributed by atoms with van der Waals surface area (Å²) in [7, 11) is 0. The van der Waals surface area contributed by atoms with Gasteiger partial charge in [0.2, 0.25) is 5.91 Å². The predicted octanol–water partition coefficient (Wildman–Crippen LogP) is 6.13. The van der Waals surface area contributed by atoms with Crippen molar-refractivity contribution in [3.05, 3.63) is 101 Å². The van der Waals surface area contributed by atoms with Crippen LogP contribution in [0.25, 0.3) is 0 Å². The van der Waals surface area contributed by atoms with E-state index in [2.05, 4.69) is 64.5 Å². The summed E-state index contributed by atoms with van der Waals surface area (Å²) in [5.41, 5.74) is 2.18. The zero-order valence-electron chi connectivity index (χ0n) is 16.2. The van der Waals surface area contributed by atoms with E-state index in [1.165, 1.54) is 0 Å². The quantitative estimate of drug-likeness (QED) is 0.405. The van der Waals surface area contributed by atoms with E-state index in [1.807, 2.05) is 41.3 Å². The van der Waals surface area contributed by atoms with Gasteiger partial charge in [0.25, 0.3) is 0 Å². The van der Waals surface area contributed by atoms with Crippen LogP contribution < -0.4 is 4.74 Å². The summed E-state index contributed by atoms with van der Waals surface area (Å²) in [5.74, 6) is 0.996. The molecule has 2 atom stereocenters. The van der Waals surface area contributed by atoms with Gasteiger partial charge in [-0.15, -0.1) is 0 Å². The van der Waals surface area contributed by atoms with Crippen molar-refractivity contribution in [1.82, 2.24) is 4.90 Å². The SMILES string of the molecule is O=C1CC(c2ccc(Br)cc2OCc2ccccc2)N1C1C=C/C=C\CC/C=C\1. The van der Waals surface area contributed by atoms with Crippen LogP contribution in [-0.2, 0) is 11.4 Å². The third kappa shape index (κ3) is 4.70. The molecule has 1 heterocycles. The summed E-state index contributed by atoms with van der Waals surface area (Å²) in [5, 5.41) is 0. The summed E-state index contributed by atoms with van der Waals surface area (Å²) in [6.45, 7) is 0.499. The fourth-order valence-corrected chi connectivity index (χ4v) is 4.08. The molecular weight excluding hydrogens is 426 g/mol. The number of carbonyl (C=O) groups is 1. The van der Waals surface area contributed by atoms with Gasteiger partial charge in [-0.1, -0.05) is 88.8 Å². The fourth-order valence-electron chi connectivity index (χ4n) is 3.74. The summed E-state index contributed by atoms with van der Waals surface area (Å²) in [4.78, 5) is 14.5. The van der Waals surface area contributed by atoms with Crippen molar-refractivity contribution in [2.75, 3.05) is 0 Å². The number of allylic oxidation sites excluding steroid dienone is 4. The average molecular weight is 450 g/mol. The molecule has 2 aromatic carbocycles. The van der Waals surface area contributed by atoms with Gasteiger partial charge in [0, 0.05) is 10.0 Å². The van der Waals surface area contributed by atoms with E-state index in [-0.39, 0.29) is 18.0 Å². The summed E-state index contributed by atoms with van der Waals surface area (Å²) in [6.07, 6.45) is 15.2. The van der Waals surface area contributed by atoms with E-state index in [0.717, 1.165) is 34.2 Å². The molecule has 4 heteroatoms. The van der Waals surface area contributed by atoms with Gasteiger partial charge in [-0.05, 0) is 30.5 Å². The van der Waals surface area contributed by atoms with E-state index in [4.69, 9.17) is 4.74 Å². The van der Waals surface area contributed by atoms with Crippen molar-refractivity contribution in [1.29, 1.82) is 0 Å². The molecule has 0 N–H and O–H groups in total. The molecule has 3 nitrogen and oxygen atoms in total. The summed E-state index contributed by atoms with van der Waals surface area (Å²) in [6, 6.07) is 16.2. The maximum atomic E-state index is 12.5. The Bertz CT molecular complexity index is 949. The van der Waals surface area contributed by atoms with Crippen LogP contribution in [0.3, 0.4) is 0 Å². The lowest BCUT2D eigenvalue weighted by atomic mass is 9.90. The highest BCUT2D eigenvalue weighted by Crippen LogP contribution is 2.42. The Labute approximate surface area is 180 Å². The van der Waals surface area contributed by atoms with E-state index >= 15 is 0 Å². The Kier molecular flexibility index (Phi) is 6.30. The number of likely N-dealkylation sites (tertiary alicyclic amines) is 1. The maximum absolute atomic E-state index is 12.5. The molecular formula is C25H24BrNO2. The molecule has 2 aliphatic rings. The molecule has 0 radical (unpaired) electrons. The van der Waals surface area contributed by atoms with Crippen LogP contribution in [-0.4, -0.2) is 16.8 Å². The highest BCUT2D eigenvalue weighted by Gasteiger charge is 2.41. The smallest absolute Gasteiger partial charge is 0.226 e. The first-order chi connectivity index (χ1) is 14.2. The number of benzene rings is 2. The molecule has 2 unspecified atom stereocenters. The molecule has 4 rings (SSSR count). The third-order valence-corrected chi connectivity index (χ3v) is 5.77. The number of ether oxygens (including phenoxy) is 1. The minimum atomic E-state index is -0.0328. The molecule has 2 aromatic rings. The van der Waals surface area contributed by atoms with E-state index < -0.39 is 0 Å². The topological polar surface area (TPSA) is 29.5 Å². The fraction of sp³-hybridized carbons (Fsp3) is 0.240. The first-order valence-corrected chi connectivity index (χ1v) is 10.8. The number of rotatable bonds is 5. The molecule has 0 saturated carbocycles. The second kappa shape index (κ2) is 9.27. The Morgan fingerprint density at radius 1 is 1.00 bits per heavy atom. The second-order valence-electron chi connectivity index (χ2n) is 7.29. The van der Waals surface area contributed by atoms with Gasteiger partial charge in [0.15, 0.2) is 0 Å². The second-order valence-corrected chi connectivity index (χ2v) is 8.20. The van der Waals surface area contributed by atoms with E-state index in [0.29, 0.717) is 13.0 Å². The minimum Gasteiger partial charge on any atom is -0.489 e. The van der Waals surface area contributed by atoms with E-state index in [9.17, 15) is 4.79 Å². The molecule has 148 valence electrons. The van der Waals surface area contributed by atoms with Crippen LogP contribution in [0.4, 0.5) is 0 Å². The third-order valence-electron chi connectivity index (χ3n) is 5.27. The van der Waals surface area contributed by atoms with Gasteiger partial charge in [0.1, 0.15) is 12.4 Å². The first kappa shape index (κ1) is 19.7. The lowest BCUT2D eigenvalue weighted by Crippen LogP contribution is -2.51. The lowest BCUT2D eigenvalue weighted by Gasteiger charge is -2.44. The minimum absolute atomic E-state index is 0.0189. The van der Waals surface area contributed by atoms with Crippen molar-refractivity contribution in [3.8, 4) is 5.75 Å². The number of β-lactam (4-membered cyclic amide) rings is 1. The van der Waals surface area contributed by atoms with Gasteiger partial charge in [-0.3, -0.25) is 4.79 Å². The van der Waals surface area contributed by atoms with E-state index in [1.54, 1.807) is 0 Å². The van der Waals surface area contributed by atoms with Gasteiger partial charge in [0.05, 0.1) is 18.5 Å². The van der Waals surface area contributed by atoms with Gasteiger partial charge >= 0.3 is 0 Å². The molecule has 0 aromatic heterocycles. The molecule has 1 amide bonds. The van der Waals surface area contributed by atoms with Crippen molar-refractivity contribution in [3.63, 3.8) is 0 Å². The van der Waals surface area contributed by atoms with Gasteiger partial charge in [-0.25, -0.2) is 0 Å². The van der Waals surface area contributed by atoms with Crippen LogP contribution in [0.2, 0.25) is 0 Å². The first-order valence-electron chi connectivity index (χ1n) is 10.00. The summed E-state index contributed by atoms with van der Waals surface area (Å²) >= 11 is 3.55. The Balaban J connectivity index is 1.58.